The summed E-state index contributed by atoms with van der Waals surface area (Å²) in [5.41, 5.74) is 1.59. The number of nitrogens with zero attached hydrogens (tertiary/aromatic N) is 2. The summed E-state index contributed by atoms with van der Waals surface area (Å²) in [6.07, 6.45) is 2.45. The average molecular weight is 469 g/mol. The molecule has 184 valence electrons. The van der Waals surface area contributed by atoms with Crippen LogP contribution in [0.25, 0.3) is 0 Å². The van der Waals surface area contributed by atoms with Gasteiger partial charge in [-0.15, -0.1) is 0 Å². The minimum atomic E-state index is 0.00284. The maximum absolute atomic E-state index is 13.6. The number of amides is 1. The predicted molar refractivity (Wildman–Crippen MR) is 131 cm³/mol. The van der Waals surface area contributed by atoms with Crippen molar-refractivity contribution in [3.63, 3.8) is 0 Å². The SMILES string of the molecule is COc1cc(C(=O)N2CCCC2CN2CC(C)OC(C)C2)cc(OC)c1OCc1ccccc1. The maximum Gasteiger partial charge on any atom is 0.254 e. The standard InChI is InChI=1S/C27H36N2O5/c1-19-15-28(16-20(2)34-19)17-23-11-8-12-29(23)27(30)22-13-24(31-3)26(25(14-22)32-4)33-18-21-9-6-5-7-10-21/h5-7,9-10,13-14,19-20,23H,8,11-12,15-18H2,1-4H3. The van der Waals surface area contributed by atoms with Crippen LogP contribution in [0.5, 0.6) is 17.2 Å². The summed E-state index contributed by atoms with van der Waals surface area (Å²) in [4.78, 5) is 18.0. The molecule has 0 aliphatic carbocycles. The van der Waals surface area contributed by atoms with E-state index in [-0.39, 0.29) is 24.2 Å². The van der Waals surface area contributed by atoms with Crippen LogP contribution in [-0.2, 0) is 11.3 Å². The highest BCUT2D eigenvalue weighted by Crippen LogP contribution is 2.40. The molecule has 2 aliphatic heterocycles. The summed E-state index contributed by atoms with van der Waals surface area (Å²) in [7, 11) is 3.16. The van der Waals surface area contributed by atoms with Gasteiger partial charge in [0.1, 0.15) is 6.61 Å². The van der Waals surface area contributed by atoms with Gasteiger partial charge >= 0.3 is 0 Å². The maximum atomic E-state index is 13.6. The number of carbonyl (C=O) groups excluding carboxylic acids is 1. The molecule has 1 amide bonds. The number of rotatable bonds is 8. The lowest BCUT2D eigenvalue weighted by molar-refractivity contribution is -0.0715. The van der Waals surface area contributed by atoms with E-state index in [0.717, 1.165) is 44.6 Å². The van der Waals surface area contributed by atoms with Gasteiger partial charge in [-0.3, -0.25) is 9.69 Å². The Labute approximate surface area is 202 Å². The molecule has 0 spiro atoms. The normalized spacial score (nSPS) is 23.1. The van der Waals surface area contributed by atoms with Gasteiger partial charge < -0.3 is 23.8 Å². The van der Waals surface area contributed by atoms with Crippen LogP contribution in [0.2, 0.25) is 0 Å². The van der Waals surface area contributed by atoms with Gasteiger partial charge in [-0.1, -0.05) is 30.3 Å². The number of ether oxygens (including phenoxy) is 4. The minimum Gasteiger partial charge on any atom is -0.493 e. The van der Waals surface area contributed by atoms with Gasteiger partial charge in [-0.25, -0.2) is 0 Å². The van der Waals surface area contributed by atoms with E-state index in [4.69, 9.17) is 18.9 Å². The van der Waals surface area contributed by atoms with E-state index in [9.17, 15) is 4.79 Å². The first kappa shape index (κ1) is 24.4. The first-order valence-corrected chi connectivity index (χ1v) is 12.1. The van der Waals surface area contributed by atoms with Crippen molar-refractivity contribution in [2.24, 2.45) is 0 Å². The summed E-state index contributed by atoms with van der Waals surface area (Å²) < 4.78 is 23.1. The van der Waals surface area contributed by atoms with Gasteiger partial charge in [0.05, 0.1) is 26.4 Å². The minimum absolute atomic E-state index is 0.00284. The molecule has 7 nitrogen and oxygen atoms in total. The van der Waals surface area contributed by atoms with Gasteiger partial charge in [0.25, 0.3) is 5.91 Å². The van der Waals surface area contributed by atoms with Gasteiger partial charge in [-0.05, 0) is 44.4 Å². The largest absolute Gasteiger partial charge is 0.493 e. The molecule has 7 heteroatoms. The number of benzene rings is 2. The molecule has 0 aromatic heterocycles. The zero-order valence-electron chi connectivity index (χ0n) is 20.7. The molecule has 2 heterocycles. The van der Waals surface area contributed by atoms with E-state index < -0.39 is 0 Å². The molecule has 2 aliphatic rings. The van der Waals surface area contributed by atoms with Crippen molar-refractivity contribution in [2.45, 2.75) is 51.5 Å². The third-order valence-corrected chi connectivity index (χ3v) is 6.54. The predicted octanol–water partition coefficient (Wildman–Crippen LogP) is 4.00. The topological polar surface area (TPSA) is 60.5 Å². The van der Waals surface area contributed by atoms with Crippen LogP contribution in [0.1, 0.15) is 42.6 Å². The van der Waals surface area contributed by atoms with Crippen molar-refractivity contribution < 1.29 is 23.7 Å². The number of hydrogen-bond donors (Lipinski definition) is 0. The van der Waals surface area contributed by atoms with Crippen molar-refractivity contribution in [1.29, 1.82) is 0 Å². The zero-order valence-corrected chi connectivity index (χ0v) is 20.7. The van der Waals surface area contributed by atoms with Crippen LogP contribution in [0.3, 0.4) is 0 Å². The molecule has 34 heavy (non-hydrogen) atoms. The molecule has 4 rings (SSSR count). The number of morpholine rings is 1. The Kier molecular flexibility index (Phi) is 7.95. The summed E-state index contributed by atoms with van der Waals surface area (Å²) in [6.45, 7) is 8.04. The van der Waals surface area contributed by atoms with Gasteiger partial charge in [-0.2, -0.15) is 0 Å². The van der Waals surface area contributed by atoms with E-state index in [2.05, 4.69) is 18.7 Å². The van der Waals surface area contributed by atoms with Crippen LogP contribution < -0.4 is 14.2 Å². The zero-order chi connectivity index (χ0) is 24.1. The Balaban J connectivity index is 1.50. The Bertz CT molecular complexity index is 932. The molecular weight excluding hydrogens is 432 g/mol. The van der Waals surface area contributed by atoms with Crippen LogP contribution in [0.4, 0.5) is 0 Å². The van der Waals surface area contributed by atoms with Gasteiger partial charge in [0.15, 0.2) is 11.5 Å². The molecule has 0 saturated carbocycles. The first-order chi connectivity index (χ1) is 16.5. The number of carbonyl (C=O) groups is 1. The van der Waals surface area contributed by atoms with E-state index in [0.29, 0.717) is 29.4 Å². The summed E-state index contributed by atoms with van der Waals surface area (Å²) in [5.74, 6) is 1.48. The Morgan fingerprint density at radius 3 is 2.29 bits per heavy atom. The van der Waals surface area contributed by atoms with E-state index in [1.807, 2.05) is 35.2 Å². The highest BCUT2D eigenvalue weighted by molar-refractivity contribution is 5.96. The quantitative estimate of drug-likeness (QED) is 0.584. The van der Waals surface area contributed by atoms with Crippen LogP contribution in [-0.4, -0.2) is 74.4 Å². The highest BCUT2D eigenvalue weighted by atomic mass is 16.5. The van der Waals surface area contributed by atoms with Crippen molar-refractivity contribution in [3.8, 4) is 17.2 Å². The van der Waals surface area contributed by atoms with Crippen molar-refractivity contribution >= 4 is 5.91 Å². The lowest BCUT2D eigenvalue weighted by Crippen LogP contribution is -2.50. The fourth-order valence-electron chi connectivity index (χ4n) is 5.07. The fraction of sp³-hybridized carbons (Fsp3) is 0.519. The summed E-state index contributed by atoms with van der Waals surface area (Å²) in [5, 5.41) is 0. The molecular formula is C27H36N2O5. The average Bonchev–Trinajstić information content (AvgIpc) is 3.29. The smallest absolute Gasteiger partial charge is 0.254 e. The third-order valence-electron chi connectivity index (χ3n) is 6.54. The van der Waals surface area contributed by atoms with Gasteiger partial charge in [0, 0.05) is 37.8 Å². The van der Waals surface area contributed by atoms with Crippen molar-refractivity contribution in [2.75, 3.05) is 40.4 Å². The van der Waals surface area contributed by atoms with E-state index in [1.54, 1.807) is 26.4 Å². The number of hydrogen-bond acceptors (Lipinski definition) is 6. The molecule has 3 atom stereocenters. The summed E-state index contributed by atoms with van der Waals surface area (Å²) >= 11 is 0. The Morgan fingerprint density at radius 1 is 1.03 bits per heavy atom. The highest BCUT2D eigenvalue weighted by Gasteiger charge is 2.33. The number of methoxy groups -OCH3 is 2. The van der Waals surface area contributed by atoms with Gasteiger partial charge in [0.2, 0.25) is 5.75 Å². The van der Waals surface area contributed by atoms with E-state index in [1.165, 1.54) is 0 Å². The van der Waals surface area contributed by atoms with Crippen molar-refractivity contribution in [3.05, 3.63) is 53.6 Å². The lowest BCUT2D eigenvalue weighted by atomic mass is 10.1. The molecule has 0 bridgehead atoms. The molecule has 2 fully saturated rings. The third kappa shape index (κ3) is 5.65. The van der Waals surface area contributed by atoms with Crippen LogP contribution >= 0.6 is 0 Å². The molecule has 3 unspecified atom stereocenters. The fourth-order valence-corrected chi connectivity index (χ4v) is 5.07. The monoisotopic (exact) mass is 468 g/mol. The Morgan fingerprint density at radius 2 is 1.68 bits per heavy atom. The first-order valence-electron chi connectivity index (χ1n) is 12.1. The second-order valence-corrected chi connectivity index (χ2v) is 9.25. The molecule has 0 radical (unpaired) electrons. The van der Waals surface area contributed by atoms with E-state index >= 15 is 0 Å². The second-order valence-electron chi connectivity index (χ2n) is 9.25. The number of likely N-dealkylation sites (tertiary alicyclic amines) is 1. The van der Waals surface area contributed by atoms with Crippen LogP contribution in [0.15, 0.2) is 42.5 Å². The lowest BCUT2D eigenvalue weighted by Gasteiger charge is -2.38. The Hall–Kier alpha value is -2.77. The summed E-state index contributed by atoms with van der Waals surface area (Å²) in [6, 6.07) is 13.6. The van der Waals surface area contributed by atoms with Crippen molar-refractivity contribution in [1.82, 2.24) is 9.80 Å². The van der Waals surface area contributed by atoms with Crippen LogP contribution in [0, 0.1) is 0 Å². The molecule has 2 aromatic rings. The second kappa shape index (κ2) is 11.1. The molecule has 2 aromatic carbocycles. The molecule has 0 N–H and O–H groups in total. The molecule has 2 saturated heterocycles.